The molecule has 1 aromatic rings. The summed E-state index contributed by atoms with van der Waals surface area (Å²) in [6.07, 6.45) is 8.47. The second-order valence-corrected chi connectivity index (χ2v) is 10.2. The Balaban J connectivity index is 1.53. The highest BCUT2D eigenvalue weighted by Crippen LogP contribution is 2.61. The maximum absolute atomic E-state index is 13.4. The van der Waals surface area contributed by atoms with Crippen LogP contribution >= 0.6 is 0 Å². The van der Waals surface area contributed by atoms with Gasteiger partial charge >= 0.3 is 5.97 Å². The minimum absolute atomic E-state index is 0.169. The van der Waals surface area contributed by atoms with Crippen LogP contribution in [0.25, 0.3) is 0 Å². The van der Waals surface area contributed by atoms with E-state index in [4.69, 9.17) is 4.74 Å². The van der Waals surface area contributed by atoms with E-state index in [1.54, 1.807) is 6.92 Å². The van der Waals surface area contributed by atoms with Gasteiger partial charge in [-0.3, -0.25) is 14.4 Å². The van der Waals surface area contributed by atoms with Crippen molar-refractivity contribution in [2.24, 2.45) is 29.1 Å². The van der Waals surface area contributed by atoms with Crippen LogP contribution in [0.4, 0.5) is 0 Å². The number of ether oxygens (including phenoxy) is 1. The van der Waals surface area contributed by atoms with Gasteiger partial charge in [0.2, 0.25) is 0 Å². The van der Waals surface area contributed by atoms with E-state index in [1.165, 1.54) is 45.4 Å². The van der Waals surface area contributed by atoms with Crippen molar-refractivity contribution in [2.45, 2.75) is 71.1 Å². The van der Waals surface area contributed by atoms with Crippen LogP contribution in [0.1, 0.15) is 76.7 Å². The Hall–Kier alpha value is -1.97. The molecule has 0 radical (unpaired) electrons. The van der Waals surface area contributed by atoms with Crippen LogP contribution < -0.4 is 0 Å². The Morgan fingerprint density at radius 1 is 1.00 bits per heavy atom. The van der Waals surface area contributed by atoms with Gasteiger partial charge in [-0.25, -0.2) is 0 Å². The van der Waals surface area contributed by atoms with Crippen LogP contribution in [0.2, 0.25) is 0 Å². The number of ketones is 2. The Morgan fingerprint density at radius 3 is 2.07 bits per heavy atom. The zero-order valence-electron chi connectivity index (χ0n) is 18.3. The van der Waals surface area contributed by atoms with E-state index in [1.807, 2.05) is 30.3 Å². The lowest BCUT2D eigenvalue weighted by atomic mass is 9.48. The summed E-state index contributed by atoms with van der Waals surface area (Å²) in [5.74, 6) is 0.486. The van der Waals surface area contributed by atoms with Crippen molar-refractivity contribution >= 4 is 17.5 Å². The van der Waals surface area contributed by atoms with Crippen molar-refractivity contribution in [1.29, 1.82) is 0 Å². The van der Waals surface area contributed by atoms with Crippen molar-refractivity contribution in [3.8, 4) is 0 Å². The monoisotopic (exact) mass is 410 g/mol. The lowest BCUT2D eigenvalue weighted by Crippen LogP contribution is -2.47. The van der Waals surface area contributed by atoms with Crippen molar-refractivity contribution in [1.82, 2.24) is 0 Å². The van der Waals surface area contributed by atoms with Gasteiger partial charge in [-0.15, -0.1) is 0 Å². The van der Waals surface area contributed by atoms with Gasteiger partial charge in [-0.1, -0.05) is 30.3 Å². The second-order valence-electron chi connectivity index (χ2n) is 10.2. The third kappa shape index (κ3) is 4.38. The molecule has 5 rings (SSSR count). The Bertz CT molecular complexity index is 761. The molecule has 2 unspecified atom stereocenters. The third-order valence-corrected chi connectivity index (χ3v) is 7.79. The van der Waals surface area contributed by atoms with Crippen LogP contribution in [-0.4, -0.2) is 24.1 Å². The Kier molecular flexibility index (Phi) is 6.13. The molecule has 0 N–H and O–H groups in total. The summed E-state index contributed by atoms with van der Waals surface area (Å²) < 4.78 is 5.21. The van der Waals surface area contributed by atoms with Gasteiger partial charge in [0.05, 0.1) is 6.61 Å². The number of carbonyl (C=O) groups excluding carboxylic acids is 3. The quantitative estimate of drug-likeness (QED) is 0.419. The fourth-order valence-corrected chi connectivity index (χ4v) is 7.22. The average molecular weight is 411 g/mol. The van der Waals surface area contributed by atoms with Gasteiger partial charge in [0.15, 0.2) is 0 Å². The van der Waals surface area contributed by atoms with E-state index >= 15 is 0 Å². The van der Waals surface area contributed by atoms with Gasteiger partial charge in [0.25, 0.3) is 0 Å². The molecule has 1 aromatic carbocycles. The van der Waals surface area contributed by atoms with Crippen LogP contribution in [0.5, 0.6) is 0 Å². The molecule has 0 heterocycles. The molecule has 0 aliphatic heterocycles. The standard InChI is InChI=1S/C26H34O4/c1-3-30-25(29)24(17(2)27)23(21-7-5-4-6-8-21)12-22(28)16-26-13-18-9-19(14-26)11-20(10-18)15-26/h4-8,18-20,23-24H,3,9-16H2,1-2H3. The number of esters is 1. The minimum Gasteiger partial charge on any atom is -0.465 e. The molecule has 0 aromatic heterocycles. The molecule has 4 aliphatic rings. The highest BCUT2D eigenvalue weighted by atomic mass is 16.5. The summed E-state index contributed by atoms with van der Waals surface area (Å²) in [7, 11) is 0. The number of Topliss-reactive ketones (excluding diaryl/α,β-unsaturated/α-hetero) is 2. The van der Waals surface area contributed by atoms with Gasteiger partial charge in [0.1, 0.15) is 17.5 Å². The molecular weight excluding hydrogens is 376 g/mol. The average Bonchev–Trinajstić information content (AvgIpc) is 2.66. The summed E-state index contributed by atoms with van der Waals surface area (Å²) in [4.78, 5) is 38.4. The first kappa shape index (κ1) is 21.3. The van der Waals surface area contributed by atoms with Crippen LogP contribution in [0.15, 0.2) is 30.3 Å². The maximum atomic E-state index is 13.4. The topological polar surface area (TPSA) is 60.4 Å². The Morgan fingerprint density at radius 2 is 1.57 bits per heavy atom. The summed E-state index contributed by atoms with van der Waals surface area (Å²) in [5, 5.41) is 0. The molecule has 4 saturated carbocycles. The number of hydrogen-bond acceptors (Lipinski definition) is 4. The molecule has 2 atom stereocenters. The molecule has 0 saturated heterocycles. The highest BCUT2D eigenvalue weighted by molar-refractivity contribution is 5.99. The zero-order chi connectivity index (χ0) is 21.3. The number of hydrogen-bond donors (Lipinski definition) is 0. The number of benzene rings is 1. The summed E-state index contributed by atoms with van der Waals surface area (Å²) in [6.45, 7) is 3.40. The van der Waals surface area contributed by atoms with Crippen molar-refractivity contribution in [3.05, 3.63) is 35.9 Å². The van der Waals surface area contributed by atoms with E-state index in [0.29, 0.717) is 6.42 Å². The van der Waals surface area contributed by atoms with E-state index in [-0.39, 0.29) is 30.0 Å². The maximum Gasteiger partial charge on any atom is 0.317 e. The van der Waals surface area contributed by atoms with E-state index < -0.39 is 17.8 Å². The second kappa shape index (κ2) is 8.64. The lowest BCUT2D eigenvalue weighted by molar-refractivity contribution is -0.152. The number of carbonyl (C=O) groups is 3. The van der Waals surface area contributed by atoms with Crippen LogP contribution in [0, 0.1) is 29.1 Å². The fourth-order valence-electron chi connectivity index (χ4n) is 7.22. The molecule has 0 amide bonds. The third-order valence-electron chi connectivity index (χ3n) is 7.79. The van der Waals surface area contributed by atoms with Crippen molar-refractivity contribution in [2.75, 3.05) is 6.61 Å². The zero-order valence-corrected chi connectivity index (χ0v) is 18.3. The summed E-state index contributed by atoms with van der Waals surface area (Å²) in [6, 6.07) is 9.53. The molecule has 30 heavy (non-hydrogen) atoms. The van der Waals surface area contributed by atoms with Gasteiger partial charge in [0, 0.05) is 18.8 Å². The van der Waals surface area contributed by atoms with Gasteiger partial charge in [-0.2, -0.15) is 0 Å². The first-order valence-corrected chi connectivity index (χ1v) is 11.6. The van der Waals surface area contributed by atoms with Crippen molar-refractivity contribution in [3.63, 3.8) is 0 Å². The van der Waals surface area contributed by atoms with Crippen LogP contribution in [0.3, 0.4) is 0 Å². The molecule has 162 valence electrons. The SMILES string of the molecule is CCOC(=O)C(C(C)=O)C(CC(=O)CC12CC3CC(CC(C3)C1)C2)c1ccccc1. The van der Waals surface area contributed by atoms with E-state index in [2.05, 4.69) is 0 Å². The predicted molar refractivity (Wildman–Crippen MR) is 115 cm³/mol. The normalized spacial score (nSPS) is 31.2. The fraction of sp³-hybridized carbons (Fsp3) is 0.654. The largest absolute Gasteiger partial charge is 0.465 e. The Labute approximate surface area is 179 Å². The van der Waals surface area contributed by atoms with Crippen LogP contribution in [-0.2, 0) is 19.1 Å². The lowest BCUT2D eigenvalue weighted by Gasteiger charge is -2.56. The smallest absolute Gasteiger partial charge is 0.317 e. The van der Waals surface area contributed by atoms with Crippen molar-refractivity contribution < 1.29 is 19.1 Å². The molecular formula is C26H34O4. The number of rotatable bonds is 9. The molecule has 4 fully saturated rings. The van der Waals surface area contributed by atoms with E-state index in [0.717, 1.165) is 23.3 Å². The first-order valence-electron chi connectivity index (χ1n) is 11.6. The summed E-state index contributed by atoms with van der Waals surface area (Å²) in [5.41, 5.74) is 1.03. The molecule has 4 aliphatic carbocycles. The summed E-state index contributed by atoms with van der Waals surface area (Å²) >= 11 is 0. The highest BCUT2D eigenvalue weighted by Gasteiger charge is 2.51. The predicted octanol–water partition coefficient (Wildman–Crippen LogP) is 5.10. The van der Waals surface area contributed by atoms with Gasteiger partial charge < -0.3 is 4.74 Å². The molecule has 4 heteroatoms. The molecule has 0 spiro atoms. The van der Waals surface area contributed by atoms with E-state index in [9.17, 15) is 14.4 Å². The molecule has 4 nitrogen and oxygen atoms in total. The minimum atomic E-state index is -0.923. The molecule has 4 bridgehead atoms. The first-order chi connectivity index (χ1) is 14.4. The van der Waals surface area contributed by atoms with Gasteiger partial charge in [-0.05, 0) is 81.1 Å².